The molecule has 2 rings (SSSR count). The second-order valence-electron chi connectivity index (χ2n) is 2.93. The number of benzene rings is 1. The van der Waals surface area contributed by atoms with Crippen molar-refractivity contribution in [2.45, 2.75) is 13.0 Å². The zero-order chi connectivity index (χ0) is 8.39. The van der Waals surface area contributed by atoms with E-state index in [-0.39, 0.29) is 0 Å². The van der Waals surface area contributed by atoms with Gasteiger partial charge in [-0.15, -0.1) is 0 Å². The fourth-order valence-electron chi connectivity index (χ4n) is 1.40. The summed E-state index contributed by atoms with van der Waals surface area (Å²) in [4.78, 5) is 0. The largest absolute Gasteiger partial charge is 0.368 e. The minimum atomic E-state index is 0.359. The molecule has 0 spiro atoms. The first-order valence-electron chi connectivity index (χ1n) is 4.25. The Bertz CT molecular complexity index is 283. The Morgan fingerprint density at radius 1 is 1.42 bits per heavy atom. The Morgan fingerprint density at radius 3 is 2.58 bits per heavy atom. The van der Waals surface area contributed by atoms with E-state index in [2.05, 4.69) is 37.3 Å². The molecule has 1 aliphatic heterocycles. The van der Waals surface area contributed by atoms with Gasteiger partial charge in [-0.1, -0.05) is 36.4 Å². The molecule has 1 aromatic carbocycles. The van der Waals surface area contributed by atoms with Crippen LogP contribution in [0, 0.1) is 0 Å². The molecule has 1 heterocycles. The van der Waals surface area contributed by atoms with Crippen molar-refractivity contribution in [1.29, 1.82) is 0 Å². The van der Waals surface area contributed by atoms with Gasteiger partial charge in [0.1, 0.15) is 6.10 Å². The van der Waals surface area contributed by atoms with Gasteiger partial charge in [0.05, 0.1) is 6.61 Å². The zero-order valence-electron chi connectivity index (χ0n) is 7.16. The van der Waals surface area contributed by atoms with Crippen LogP contribution in [0.5, 0.6) is 0 Å². The number of hydrogen-bond acceptors (Lipinski definition) is 1. The standard InChI is InChI=1S/C11H12O/c1-2-10(11-8-12-11)9-6-4-3-5-7-9/h2-7,11H,8H2,1H3/b10-2+. The van der Waals surface area contributed by atoms with Crippen molar-refractivity contribution >= 4 is 5.57 Å². The molecule has 0 amide bonds. The van der Waals surface area contributed by atoms with Gasteiger partial charge in [0.25, 0.3) is 0 Å². The summed E-state index contributed by atoms with van der Waals surface area (Å²) in [6.45, 7) is 2.94. The lowest BCUT2D eigenvalue weighted by molar-refractivity contribution is 0.444. The second-order valence-corrected chi connectivity index (χ2v) is 2.93. The number of ether oxygens (including phenoxy) is 1. The SMILES string of the molecule is C/C=C(\c1ccccc1)C1CO1. The number of rotatable bonds is 2. The van der Waals surface area contributed by atoms with Crippen molar-refractivity contribution in [3.05, 3.63) is 42.0 Å². The third kappa shape index (κ3) is 1.41. The van der Waals surface area contributed by atoms with Crippen LogP contribution in [0.3, 0.4) is 0 Å². The molecule has 62 valence electrons. The van der Waals surface area contributed by atoms with Crippen LogP contribution >= 0.6 is 0 Å². The molecular weight excluding hydrogens is 148 g/mol. The van der Waals surface area contributed by atoms with Crippen molar-refractivity contribution in [1.82, 2.24) is 0 Å². The van der Waals surface area contributed by atoms with E-state index in [1.165, 1.54) is 11.1 Å². The van der Waals surface area contributed by atoms with E-state index < -0.39 is 0 Å². The Labute approximate surface area is 72.7 Å². The zero-order valence-corrected chi connectivity index (χ0v) is 7.16. The molecule has 0 saturated carbocycles. The van der Waals surface area contributed by atoms with E-state index in [4.69, 9.17) is 4.74 Å². The van der Waals surface area contributed by atoms with Gasteiger partial charge in [-0.3, -0.25) is 0 Å². The van der Waals surface area contributed by atoms with Crippen LogP contribution in [-0.4, -0.2) is 12.7 Å². The maximum atomic E-state index is 5.25. The fourth-order valence-corrected chi connectivity index (χ4v) is 1.40. The predicted octanol–water partition coefficient (Wildman–Crippen LogP) is 2.49. The molecule has 1 atom stereocenters. The summed E-state index contributed by atoms with van der Waals surface area (Å²) in [5.41, 5.74) is 2.60. The lowest BCUT2D eigenvalue weighted by Crippen LogP contribution is -1.90. The van der Waals surface area contributed by atoms with Crippen LogP contribution in [0.4, 0.5) is 0 Å². The van der Waals surface area contributed by atoms with E-state index in [1.54, 1.807) is 0 Å². The monoisotopic (exact) mass is 160 g/mol. The molecule has 1 heteroatoms. The quantitative estimate of drug-likeness (QED) is 0.605. The van der Waals surface area contributed by atoms with Gasteiger partial charge in [-0.05, 0) is 18.1 Å². The maximum absolute atomic E-state index is 5.25. The van der Waals surface area contributed by atoms with Crippen LogP contribution in [0.2, 0.25) is 0 Å². The van der Waals surface area contributed by atoms with Crippen molar-refractivity contribution in [3.63, 3.8) is 0 Å². The molecule has 12 heavy (non-hydrogen) atoms. The van der Waals surface area contributed by atoms with Gasteiger partial charge in [-0.2, -0.15) is 0 Å². The smallest absolute Gasteiger partial charge is 0.106 e. The van der Waals surface area contributed by atoms with Gasteiger partial charge in [0.15, 0.2) is 0 Å². The molecule has 0 radical (unpaired) electrons. The third-order valence-electron chi connectivity index (χ3n) is 2.10. The second kappa shape index (κ2) is 3.11. The first-order valence-corrected chi connectivity index (χ1v) is 4.25. The van der Waals surface area contributed by atoms with Crippen LogP contribution in [0.25, 0.3) is 5.57 Å². The Morgan fingerprint density at radius 2 is 2.08 bits per heavy atom. The molecule has 1 saturated heterocycles. The molecular formula is C11H12O. The lowest BCUT2D eigenvalue weighted by atomic mass is 10.0. The molecule has 0 N–H and O–H groups in total. The van der Waals surface area contributed by atoms with E-state index in [0.29, 0.717) is 6.10 Å². The average Bonchev–Trinajstić information content (AvgIpc) is 2.92. The third-order valence-corrected chi connectivity index (χ3v) is 2.10. The van der Waals surface area contributed by atoms with Crippen molar-refractivity contribution in [2.75, 3.05) is 6.61 Å². The highest BCUT2D eigenvalue weighted by molar-refractivity contribution is 5.70. The summed E-state index contributed by atoms with van der Waals surface area (Å²) >= 11 is 0. The number of hydrogen-bond donors (Lipinski definition) is 0. The summed E-state index contributed by atoms with van der Waals surface area (Å²) < 4.78 is 5.25. The highest BCUT2D eigenvalue weighted by atomic mass is 16.6. The van der Waals surface area contributed by atoms with Gasteiger partial charge < -0.3 is 4.74 Å². The molecule has 1 aliphatic rings. The highest BCUT2D eigenvalue weighted by Crippen LogP contribution is 2.28. The first kappa shape index (κ1) is 7.56. The summed E-state index contributed by atoms with van der Waals surface area (Å²) in [7, 11) is 0. The van der Waals surface area contributed by atoms with Gasteiger partial charge in [0.2, 0.25) is 0 Å². The fraction of sp³-hybridized carbons (Fsp3) is 0.273. The summed E-state index contributed by atoms with van der Waals surface area (Å²) in [6, 6.07) is 10.4. The van der Waals surface area contributed by atoms with Crippen LogP contribution in [0.1, 0.15) is 12.5 Å². The van der Waals surface area contributed by atoms with E-state index in [0.717, 1.165) is 6.61 Å². The number of allylic oxidation sites excluding steroid dienone is 1. The summed E-state index contributed by atoms with van der Waals surface area (Å²) in [5, 5.41) is 0. The van der Waals surface area contributed by atoms with Crippen molar-refractivity contribution < 1.29 is 4.74 Å². The molecule has 0 bridgehead atoms. The number of epoxide rings is 1. The van der Waals surface area contributed by atoms with Crippen LogP contribution in [0.15, 0.2) is 36.4 Å². The average molecular weight is 160 g/mol. The van der Waals surface area contributed by atoms with Crippen molar-refractivity contribution in [2.24, 2.45) is 0 Å². The molecule has 1 aromatic rings. The Hall–Kier alpha value is -1.08. The molecule has 1 fully saturated rings. The van der Waals surface area contributed by atoms with E-state index >= 15 is 0 Å². The van der Waals surface area contributed by atoms with Gasteiger partial charge >= 0.3 is 0 Å². The van der Waals surface area contributed by atoms with Gasteiger partial charge in [0, 0.05) is 0 Å². The predicted molar refractivity (Wildman–Crippen MR) is 49.8 cm³/mol. The van der Waals surface area contributed by atoms with Crippen LogP contribution in [-0.2, 0) is 4.74 Å². The minimum absolute atomic E-state index is 0.359. The summed E-state index contributed by atoms with van der Waals surface area (Å²) in [6.07, 6.45) is 2.49. The lowest BCUT2D eigenvalue weighted by Gasteiger charge is -2.01. The van der Waals surface area contributed by atoms with Crippen molar-refractivity contribution in [3.8, 4) is 0 Å². The molecule has 1 unspecified atom stereocenters. The molecule has 0 aromatic heterocycles. The van der Waals surface area contributed by atoms with E-state index in [9.17, 15) is 0 Å². The molecule has 0 aliphatic carbocycles. The summed E-state index contributed by atoms with van der Waals surface area (Å²) in [5.74, 6) is 0. The highest BCUT2D eigenvalue weighted by Gasteiger charge is 2.27. The van der Waals surface area contributed by atoms with E-state index in [1.807, 2.05) is 6.07 Å². The minimum Gasteiger partial charge on any atom is -0.368 e. The maximum Gasteiger partial charge on any atom is 0.106 e. The topological polar surface area (TPSA) is 12.5 Å². The normalized spacial score (nSPS) is 22.4. The van der Waals surface area contributed by atoms with Gasteiger partial charge in [-0.25, -0.2) is 0 Å². The Kier molecular flexibility index (Phi) is 1.96. The molecule has 1 nitrogen and oxygen atoms in total. The first-order chi connectivity index (χ1) is 5.92. The Balaban J connectivity index is 2.28. The van der Waals surface area contributed by atoms with Crippen LogP contribution < -0.4 is 0 Å².